The molecule has 0 atom stereocenters. The molecule has 130 valence electrons. The Hall–Kier alpha value is -2.74. The number of hydrogen-bond donors (Lipinski definition) is 1. The van der Waals surface area contributed by atoms with Gasteiger partial charge in [-0.2, -0.15) is 0 Å². The number of benzene rings is 1. The number of halogens is 1. The molecule has 0 saturated heterocycles. The average molecular weight is 361 g/mol. The number of nitrogens with zero attached hydrogens (tertiary/aromatic N) is 2. The summed E-state index contributed by atoms with van der Waals surface area (Å²) in [5, 5.41) is 3.53. The maximum atomic E-state index is 14.4. The summed E-state index contributed by atoms with van der Waals surface area (Å²) in [5.74, 6) is -1.04. The van der Waals surface area contributed by atoms with E-state index in [1.54, 1.807) is 20.0 Å². The van der Waals surface area contributed by atoms with E-state index in [0.29, 0.717) is 20.9 Å². The highest BCUT2D eigenvalue weighted by molar-refractivity contribution is 7.17. The summed E-state index contributed by atoms with van der Waals surface area (Å²) in [7, 11) is 1.81. The highest BCUT2D eigenvalue weighted by atomic mass is 32.1. The van der Waals surface area contributed by atoms with Crippen molar-refractivity contribution in [2.45, 2.75) is 13.8 Å². The third kappa shape index (κ3) is 3.25. The van der Waals surface area contributed by atoms with Crippen LogP contribution >= 0.6 is 11.3 Å². The van der Waals surface area contributed by atoms with Gasteiger partial charge >= 0.3 is 5.97 Å². The maximum Gasteiger partial charge on any atom is 0.350 e. The number of hydrogen-bond acceptors (Lipinski definition) is 6. The standard InChI is InChI=1S/C17H16FN3O3S/c1-4-24-16(23)15-8-19-17(25-15)20-12-7-13-10(6-11(12)18)14(22)5-9(2)21(13)3/h5-8H,4H2,1-3H3,(H,19,20). The van der Waals surface area contributed by atoms with Gasteiger partial charge in [-0.05, 0) is 26.0 Å². The first kappa shape index (κ1) is 17.1. The molecule has 0 unspecified atom stereocenters. The first-order chi connectivity index (χ1) is 11.9. The summed E-state index contributed by atoms with van der Waals surface area (Å²) in [5.41, 5.74) is 1.33. The third-order valence-corrected chi connectivity index (χ3v) is 4.70. The second-order valence-corrected chi connectivity index (χ2v) is 6.46. The number of esters is 1. The van der Waals surface area contributed by atoms with Crippen LogP contribution in [-0.2, 0) is 11.8 Å². The number of ether oxygens (including phenoxy) is 1. The Morgan fingerprint density at radius 3 is 2.88 bits per heavy atom. The molecule has 6 nitrogen and oxygen atoms in total. The number of thiazole rings is 1. The van der Waals surface area contributed by atoms with Crippen molar-refractivity contribution in [3.05, 3.63) is 51.0 Å². The molecule has 0 aliphatic rings. The molecule has 3 rings (SSSR count). The van der Waals surface area contributed by atoms with Gasteiger partial charge in [0, 0.05) is 24.2 Å². The van der Waals surface area contributed by atoms with Crippen LogP contribution in [-0.4, -0.2) is 22.1 Å². The molecule has 3 aromatic rings. The fraction of sp³-hybridized carbons (Fsp3) is 0.235. The van der Waals surface area contributed by atoms with Crippen LogP contribution in [0.4, 0.5) is 15.2 Å². The largest absolute Gasteiger partial charge is 0.462 e. The van der Waals surface area contributed by atoms with E-state index in [1.807, 2.05) is 11.5 Å². The van der Waals surface area contributed by atoms with Gasteiger partial charge in [-0.3, -0.25) is 4.79 Å². The normalized spacial score (nSPS) is 10.9. The molecule has 2 heterocycles. The summed E-state index contributed by atoms with van der Waals surface area (Å²) >= 11 is 1.07. The van der Waals surface area contributed by atoms with Gasteiger partial charge in [-0.15, -0.1) is 0 Å². The van der Waals surface area contributed by atoms with Crippen LogP contribution in [0.15, 0.2) is 29.2 Å². The Morgan fingerprint density at radius 1 is 1.40 bits per heavy atom. The van der Waals surface area contributed by atoms with Crippen LogP contribution in [0.1, 0.15) is 22.3 Å². The molecule has 8 heteroatoms. The highest BCUT2D eigenvalue weighted by Crippen LogP contribution is 2.27. The lowest BCUT2D eigenvalue weighted by Gasteiger charge is -2.12. The molecule has 0 spiro atoms. The first-order valence-corrected chi connectivity index (χ1v) is 8.42. The number of pyridine rings is 1. The number of carbonyl (C=O) groups excluding carboxylic acids is 1. The fourth-order valence-corrected chi connectivity index (χ4v) is 3.15. The van der Waals surface area contributed by atoms with E-state index in [9.17, 15) is 14.0 Å². The number of rotatable bonds is 4. The van der Waals surface area contributed by atoms with E-state index >= 15 is 0 Å². The van der Waals surface area contributed by atoms with Crippen LogP contribution in [0.5, 0.6) is 0 Å². The quantitative estimate of drug-likeness (QED) is 0.722. The van der Waals surface area contributed by atoms with Crippen molar-refractivity contribution in [2.24, 2.45) is 7.05 Å². The molecule has 0 fully saturated rings. The van der Waals surface area contributed by atoms with Gasteiger partial charge in [-0.25, -0.2) is 14.2 Å². The van der Waals surface area contributed by atoms with Crippen LogP contribution in [0.25, 0.3) is 10.9 Å². The molecule has 0 amide bonds. The molecule has 1 N–H and O–H groups in total. The smallest absolute Gasteiger partial charge is 0.350 e. The highest BCUT2D eigenvalue weighted by Gasteiger charge is 2.14. The van der Waals surface area contributed by atoms with Crippen molar-refractivity contribution in [1.29, 1.82) is 0 Å². The predicted octanol–water partition coefficient (Wildman–Crippen LogP) is 3.36. The van der Waals surface area contributed by atoms with Crippen LogP contribution in [0, 0.1) is 12.7 Å². The van der Waals surface area contributed by atoms with Crippen molar-refractivity contribution >= 4 is 39.0 Å². The van der Waals surface area contributed by atoms with Gasteiger partial charge < -0.3 is 14.6 Å². The first-order valence-electron chi connectivity index (χ1n) is 7.60. The van der Waals surface area contributed by atoms with Crippen molar-refractivity contribution < 1.29 is 13.9 Å². The zero-order chi connectivity index (χ0) is 18.1. The fourth-order valence-electron chi connectivity index (χ4n) is 2.43. The summed E-state index contributed by atoms with van der Waals surface area (Å²) in [4.78, 5) is 28.1. The number of anilines is 2. The van der Waals surface area contributed by atoms with Crippen molar-refractivity contribution in [3.63, 3.8) is 0 Å². The van der Waals surface area contributed by atoms with Gasteiger partial charge in [0.15, 0.2) is 10.6 Å². The molecule has 2 aromatic heterocycles. The predicted molar refractivity (Wildman–Crippen MR) is 95.2 cm³/mol. The van der Waals surface area contributed by atoms with E-state index in [-0.39, 0.29) is 17.7 Å². The molecule has 0 bridgehead atoms. The maximum absolute atomic E-state index is 14.4. The van der Waals surface area contributed by atoms with Crippen molar-refractivity contribution in [1.82, 2.24) is 9.55 Å². The van der Waals surface area contributed by atoms with Crippen LogP contribution < -0.4 is 10.7 Å². The monoisotopic (exact) mass is 361 g/mol. The van der Waals surface area contributed by atoms with Gasteiger partial charge in [-0.1, -0.05) is 11.3 Å². The van der Waals surface area contributed by atoms with Gasteiger partial charge in [0.25, 0.3) is 0 Å². The molecular weight excluding hydrogens is 345 g/mol. The second-order valence-electron chi connectivity index (χ2n) is 5.43. The summed E-state index contributed by atoms with van der Waals surface area (Å²) in [6, 6.07) is 4.24. The number of aryl methyl sites for hydroxylation is 2. The topological polar surface area (TPSA) is 73.2 Å². The minimum Gasteiger partial charge on any atom is -0.462 e. The molecular formula is C17H16FN3O3S. The Bertz CT molecular complexity index is 1030. The minimum absolute atomic E-state index is 0.179. The van der Waals surface area contributed by atoms with Crippen LogP contribution in [0.2, 0.25) is 0 Å². The molecule has 0 radical (unpaired) electrons. The Labute approximate surface area is 146 Å². The lowest BCUT2D eigenvalue weighted by molar-refractivity contribution is 0.0532. The molecule has 25 heavy (non-hydrogen) atoms. The molecule has 0 aliphatic carbocycles. The number of aromatic nitrogens is 2. The SMILES string of the molecule is CCOC(=O)c1cnc(Nc2cc3c(cc2F)c(=O)cc(C)n3C)s1. The lowest BCUT2D eigenvalue weighted by atomic mass is 10.1. The summed E-state index contributed by atoms with van der Waals surface area (Å²) in [6.45, 7) is 3.80. The van der Waals surface area contributed by atoms with E-state index in [0.717, 1.165) is 17.0 Å². The van der Waals surface area contributed by atoms with E-state index in [4.69, 9.17) is 4.74 Å². The summed E-state index contributed by atoms with van der Waals surface area (Å²) < 4.78 is 21.1. The zero-order valence-electron chi connectivity index (χ0n) is 13.9. The third-order valence-electron chi connectivity index (χ3n) is 3.81. The Balaban J connectivity index is 1.99. The van der Waals surface area contributed by atoms with E-state index in [1.165, 1.54) is 18.3 Å². The van der Waals surface area contributed by atoms with Gasteiger partial charge in [0.1, 0.15) is 10.7 Å². The average Bonchev–Trinajstić information content (AvgIpc) is 3.03. The summed E-state index contributed by atoms with van der Waals surface area (Å²) in [6.07, 6.45) is 1.38. The zero-order valence-corrected chi connectivity index (χ0v) is 14.7. The second kappa shape index (κ2) is 6.64. The Morgan fingerprint density at radius 2 is 2.16 bits per heavy atom. The molecule has 0 aliphatic heterocycles. The lowest BCUT2D eigenvalue weighted by Crippen LogP contribution is -2.10. The van der Waals surface area contributed by atoms with Crippen LogP contribution in [0.3, 0.4) is 0 Å². The number of carbonyl (C=O) groups is 1. The number of nitrogens with one attached hydrogen (secondary N) is 1. The van der Waals surface area contributed by atoms with E-state index in [2.05, 4.69) is 10.3 Å². The van der Waals surface area contributed by atoms with Gasteiger partial charge in [0.05, 0.1) is 24.0 Å². The Kier molecular flexibility index (Phi) is 4.54. The minimum atomic E-state index is -0.568. The molecule has 1 aromatic carbocycles. The van der Waals surface area contributed by atoms with Crippen molar-refractivity contribution in [3.8, 4) is 0 Å². The molecule has 0 saturated carbocycles. The number of fused-ring (bicyclic) bond motifs is 1. The van der Waals surface area contributed by atoms with Crippen molar-refractivity contribution in [2.75, 3.05) is 11.9 Å². The van der Waals surface area contributed by atoms with E-state index < -0.39 is 11.8 Å². The van der Waals surface area contributed by atoms with Gasteiger partial charge in [0.2, 0.25) is 0 Å².